The molecule has 1 saturated carbocycles. The molecule has 0 saturated heterocycles. The van der Waals surface area contributed by atoms with Crippen molar-refractivity contribution in [2.75, 3.05) is 6.54 Å². The third-order valence-corrected chi connectivity index (χ3v) is 4.86. The van der Waals surface area contributed by atoms with Crippen molar-refractivity contribution in [3.8, 4) is 0 Å². The third-order valence-electron chi connectivity index (χ3n) is 3.57. The number of halogens is 1. The van der Waals surface area contributed by atoms with Gasteiger partial charge in [-0.25, -0.2) is 0 Å². The monoisotopic (exact) mass is 257 g/mol. The van der Waals surface area contributed by atoms with Crippen molar-refractivity contribution in [2.24, 2.45) is 5.92 Å². The molecule has 1 aromatic heterocycles. The van der Waals surface area contributed by atoms with Crippen molar-refractivity contribution in [3.63, 3.8) is 0 Å². The van der Waals surface area contributed by atoms with Crippen LogP contribution in [0.2, 0.25) is 4.34 Å². The molecule has 1 N–H and O–H groups in total. The van der Waals surface area contributed by atoms with Gasteiger partial charge in [0.1, 0.15) is 0 Å². The topological polar surface area (TPSA) is 12.0 Å². The first kappa shape index (κ1) is 12.4. The second kappa shape index (κ2) is 6.04. The molecule has 16 heavy (non-hydrogen) atoms. The molecule has 1 heterocycles. The summed E-state index contributed by atoms with van der Waals surface area (Å²) < 4.78 is 0.902. The summed E-state index contributed by atoms with van der Waals surface area (Å²) in [6, 6.07) is 4.80. The first-order valence-corrected chi connectivity index (χ1v) is 7.43. The Morgan fingerprint density at radius 3 is 2.81 bits per heavy atom. The zero-order chi connectivity index (χ0) is 11.4. The molecule has 0 radical (unpaired) electrons. The van der Waals surface area contributed by atoms with E-state index in [0.29, 0.717) is 6.04 Å². The molecule has 90 valence electrons. The van der Waals surface area contributed by atoms with Crippen molar-refractivity contribution in [3.05, 3.63) is 21.3 Å². The predicted molar refractivity (Wildman–Crippen MR) is 72.5 cm³/mol. The largest absolute Gasteiger partial charge is 0.314 e. The number of hydrogen-bond acceptors (Lipinski definition) is 2. The maximum atomic E-state index is 5.90. The Bertz CT molecular complexity index is 317. The average molecular weight is 258 g/mol. The molecule has 1 fully saturated rings. The van der Waals surface area contributed by atoms with Gasteiger partial charge in [0, 0.05) is 17.5 Å². The van der Waals surface area contributed by atoms with E-state index in [-0.39, 0.29) is 0 Å². The summed E-state index contributed by atoms with van der Waals surface area (Å²) in [7, 11) is 0. The van der Waals surface area contributed by atoms with E-state index in [0.717, 1.165) is 23.2 Å². The van der Waals surface area contributed by atoms with Gasteiger partial charge in [0.15, 0.2) is 0 Å². The van der Waals surface area contributed by atoms with Crippen molar-refractivity contribution in [1.29, 1.82) is 0 Å². The van der Waals surface area contributed by atoms with E-state index < -0.39 is 0 Å². The SMILES string of the molecule is CC(NCCc1ccc(Cl)s1)C1CCCC1. The summed E-state index contributed by atoms with van der Waals surface area (Å²) in [5, 5.41) is 3.65. The fourth-order valence-corrected chi connectivity index (χ4v) is 3.62. The number of nitrogens with one attached hydrogen (secondary N) is 1. The molecular formula is C13H20ClNS. The molecule has 1 aliphatic carbocycles. The highest BCUT2D eigenvalue weighted by molar-refractivity contribution is 7.16. The van der Waals surface area contributed by atoms with Crippen LogP contribution < -0.4 is 5.32 Å². The molecule has 1 atom stereocenters. The summed E-state index contributed by atoms with van der Waals surface area (Å²) in [4.78, 5) is 1.39. The van der Waals surface area contributed by atoms with E-state index in [4.69, 9.17) is 11.6 Å². The van der Waals surface area contributed by atoms with Crippen LogP contribution >= 0.6 is 22.9 Å². The number of hydrogen-bond donors (Lipinski definition) is 1. The highest BCUT2D eigenvalue weighted by atomic mass is 35.5. The first-order chi connectivity index (χ1) is 7.75. The van der Waals surface area contributed by atoms with E-state index in [2.05, 4.69) is 18.3 Å². The van der Waals surface area contributed by atoms with Gasteiger partial charge in [0.25, 0.3) is 0 Å². The van der Waals surface area contributed by atoms with Gasteiger partial charge in [-0.3, -0.25) is 0 Å². The lowest BCUT2D eigenvalue weighted by molar-refractivity contribution is 0.384. The van der Waals surface area contributed by atoms with Crippen LogP contribution in [0.25, 0.3) is 0 Å². The predicted octanol–water partition coefficient (Wildman–Crippen LogP) is 4.11. The molecule has 1 aromatic rings. The standard InChI is InChI=1S/C13H20ClNS/c1-10(11-4-2-3-5-11)15-9-8-12-6-7-13(14)16-12/h6-7,10-11,15H,2-5,8-9H2,1H3. The Labute approximate surface area is 107 Å². The van der Waals surface area contributed by atoms with E-state index in [9.17, 15) is 0 Å². The number of thiophene rings is 1. The first-order valence-electron chi connectivity index (χ1n) is 6.23. The van der Waals surface area contributed by atoms with Gasteiger partial charge in [-0.1, -0.05) is 24.4 Å². The number of rotatable bonds is 5. The van der Waals surface area contributed by atoms with Crippen molar-refractivity contribution < 1.29 is 0 Å². The minimum Gasteiger partial charge on any atom is -0.314 e. The lowest BCUT2D eigenvalue weighted by atomic mass is 10.00. The van der Waals surface area contributed by atoms with Crippen molar-refractivity contribution >= 4 is 22.9 Å². The Hall–Kier alpha value is -0.0500. The highest BCUT2D eigenvalue weighted by Gasteiger charge is 2.20. The summed E-state index contributed by atoms with van der Waals surface area (Å²) in [5.74, 6) is 0.909. The molecule has 0 aromatic carbocycles. The lowest BCUT2D eigenvalue weighted by Gasteiger charge is -2.20. The normalized spacial score (nSPS) is 19.1. The van der Waals surface area contributed by atoms with E-state index in [1.54, 1.807) is 11.3 Å². The molecule has 1 nitrogen and oxygen atoms in total. The quantitative estimate of drug-likeness (QED) is 0.837. The van der Waals surface area contributed by atoms with Gasteiger partial charge >= 0.3 is 0 Å². The zero-order valence-corrected chi connectivity index (χ0v) is 11.4. The summed E-state index contributed by atoms with van der Waals surface area (Å²) in [6.45, 7) is 3.41. The molecular weight excluding hydrogens is 238 g/mol. The summed E-state index contributed by atoms with van der Waals surface area (Å²) in [5.41, 5.74) is 0. The van der Waals surface area contributed by atoms with Crippen LogP contribution in [0.1, 0.15) is 37.5 Å². The van der Waals surface area contributed by atoms with E-state index in [1.165, 1.54) is 30.6 Å². The van der Waals surface area contributed by atoms with Crippen LogP contribution in [0.15, 0.2) is 12.1 Å². The minimum atomic E-state index is 0.679. The van der Waals surface area contributed by atoms with Crippen molar-refractivity contribution in [2.45, 2.75) is 45.1 Å². The van der Waals surface area contributed by atoms with Gasteiger partial charge < -0.3 is 5.32 Å². The van der Waals surface area contributed by atoms with E-state index >= 15 is 0 Å². The maximum Gasteiger partial charge on any atom is 0.0931 e. The van der Waals surface area contributed by atoms with E-state index in [1.807, 2.05) is 6.07 Å². The molecule has 0 amide bonds. The van der Waals surface area contributed by atoms with Gasteiger partial charge in [0.05, 0.1) is 4.34 Å². The summed E-state index contributed by atoms with van der Waals surface area (Å²) in [6.07, 6.45) is 6.79. The van der Waals surface area contributed by atoms with Gasteiger partial charge in [-0.2, -0.15) is 0 Å². The molecule has 2 rings (SSSR count). The fraction of sp³-hybridized carbons (Fsp3) is 0.692. The average Bonchev–Trinajstić information content (AvgIpc) is 2.89. The summed E-state index contributed by atoms with van der Waals surface area (Å²) >= 11 is 7.60. The van der Waals surface area contributed by atoms with Crippen LogP contribution in [-0.2, 0) is 6.42 Å². The highest BCUT2D eigenvalue weighted by Crippen LogP contribution is 2.27. The van der Waals surface area contributed by atoms with Crippen LogP contribution in [0.5, 0.6) is 0 Å². The Kier molecular flexibility index (Phi) is 4.68. The molecule has 3 heteroatoms. The van der Waals surface area contributed by atoms with Gasteiger partial charge in [-0.05, 0) is 44.2 Å². The molecule has 1 aliphatic rings. The van der Waals surface area contributed by atoms with Crippen LogP contribution in [0, 0.1) is 5.92 Å². The van der Waals surface area contributed by atoms with Crippen LogP contribution in [0.3, 0.4) is 0 Å². The zero-order valence-electron chi connectivity index (χ0n) is 9.84. The molecule has 0 spiro atoms. The second-order valence-corrected chi connectivity index (χ2v) is 6.54. The minimum absolute atomic E-state index is 0.679. The van der Waals surface area contributed by atoms with Crippen LogP contribution in [-0.4, -0.2) is 12.6 Å². The smallest absolute Gasteiger partial charge is 0.0931 e. The van der Waals surface area contributed by atoms with Gasteiger partial charge in [0.2, 0.25) is 0 Å². The Morgan fingerprint density at radius 2 is 2.19 bits per heavy atom. The van der Waals surface area contributed by atoms with Crippen LogP contribution in [0.4, 0.5) is 0 Å². The molecule has 0 bridgehead atoms. The van der Waals surface area contributed by atoms with Crippen molar-refractivity contribution in [1.82, 2.24) is 5.32 Å². The third kappa shape index (κ3) is 3.47. The fourth-order valence-electron chi connectivity index (χ4n) is 2.53. The Morgan fingerprint density at radius 1 is 1.44 bits per heavy atom. The van der Waals surface area contributed by atoms with Gasteiger partial charge in [-0.15, -0.1) is 11.3 Å². The maximum absolute atomic E-state index is 5.90. The lowest BCUT2D eigenvalue weighted by Crippen LogP contribution is -2.33. The second-order valence-electron chi connectivity index (χ2n) is 4.74. The molecule has 1 unspecified atom stereocenters. The Balaban J connectivity index is 1.67. The molecule has 0 aliphatic heterocycles.